The normalized spacial score (nSPS) is 10.5. The van der Waals surface area contributed by atoms with Gasteiger partial charge in [-0.05, 0) is 55.7 Å². The molecular formula is C17H20ClNO2. The first kappa shape index (κ1) is 15.5. The average Bonchev–Trinajstić information content (AvgIpc) is 2.44. The SMILES string of the molecule is Cc1ccc(OCCOc2cc(C)c(Cl)c(C)c2)cc1N. The summed E-state index contributed by atoms with van der Waals surface area (Å²) in [6.07, 6.45) is 0. The lowest BCUT2D eigenvalue weighted by molar-refractivity contribution is 0.217. The number of benzene rings is 2. The van der Waals surface area contributed by atoms with Crippen molar-refractivity contribution in [1.82, 2.24) is 0 Å². The van der Waals surface area contributed by atoms with Crippen molar-refractivity contribution in [2.45, 2.75) is 20.8 Å². The van der Waals surface area contributed by atoms with Crippen molar-refractivity contribution in [2.75, 3.05) is 18.9 Å². The molecule has 0 heterocycles. The molecule has 0 saturated heterocycles. The first-order valence-electron chi connectivity index (χ1n) is 6.86. The molecule has 0 aromatic heterocycles. The quantitative estimate of drug-likeness (QED) is 0.661. The van der Waals surface area contributed by atoms with Gasteiger partial charge >= 0.3 is 0 Å². The van der Waals surface area contributed by atoms with Crippen LogP contribution in [0.4, 0.5) is 5.69 Å². The van der Waals surface area contributed by atoms with Crippen molar-refractivity contribution in [2.24, 2.45) is 0 Å². The predicted octanol–water partition coefficient (Wildman–Crippen LogP) is 4.31. The van der Waals surface area contributed by atoms with Gasteiger partial charge in [-0.3, -0.25) is 0 Å². The number of hydrogen-bond donors (Lipinski definition) is 1. The van der Waals surface area contributed by atoms with Crippen LogP contribution < -0.4 is 15.2 Å². The zero-order valence-electron chi connectivity index (χ0n) is 12.6. The minimum Gasteiger partial charge on any atom is -0.490 e. The molecule has 0 atom stereocenters. The van der Waals surface area contributed by atoms with Crippen LogP contribution in [0.15, 0.2) is 30.3 Å². The Labute approximate surface area is 130 Å². The fourth-order valence-electron chi connectivity index (χ4n) is 2.02. The van der Waals surface area contributed by atoms with E-state index in [1.165, 1.54) is 0 Å². The molecule has 0 bridgehead atoms. The molecule has 2 rings (SSSR count). The van der Waals surface area contributed by atoms with Gasteiger partial charge in [-0.15, -0.1) is 0 Å². The van der Waals surface area contributed by atoms with Crippen molar-refractivity contribution in [1.29, 1.82) is 0 Å². The lowest BCUT2D eigenvalue weighted by atomic mass is 10.1. The summed E-state index contributed by atoms with van der Waals surface area (Å²) < 4.78 is 11.3. The summed E-state index contributed by atoms with van der Waals surface area (Å²) in [7, 11) is 0. The largest absolute Gasteiger partial charge is 0.490 e. The van der Waals surface area contributed by atoms with Crippen molar-refractivity contribution >= 4 is 17.3 Å². The van der Waals surface area contributed by atoms with Gasteiger partial charge in [-0.1, -0.05) is 17.7 Å². The average molecular weight is 306 g/mol. The van der Waals surface area contributed by atoms with Crippen molar-refractivity contribution in [3.05, 3.63) is 52.0 Å². The third kappa shape index (κ3) is 4.05. The lowest BCUT2D eigenvalue weighted by Crippen LogP contribution is -2.09. The van der Waals surface area contributed by atoms with E-state index in [4.69, 9.17) is 26.8 Å². The Bertz CT molecular complexity index is 618. The van der Waals surface area contributed by atoms with Gasteiger partial charge in [0.15, 0.2) is 0 Å². The van der Waals surface area contributed by atoms with Gasteiger partial charge in [0.2, 0.25) is 0 Å². The summed E-state index contributed by atoms with van der Waals surface area (Å²) >= 11 is 6.13. The Kier molecular flexibility index (Phi) is 4.97. The molecule has 4 heteroatoms. The van der Waals surface area contributed by atoms with Crippen LogP contribution in [-0.4, -0.2) is 13.2 Å². The topological polar surface area (TPSA) is 44.5 Å². The van der Waals surface area contributed by atoms with Gasteiger partial charge in [0, 0.05) is 16.8 Å². The van der Waals surface area contributed by atoms with Crippen LogP contribution in [0.25, 0.3) is 0 Å². The molecule has 0 aliphatic carbocycles. The Morgan fingerprint density at radius 1 is 0.857 bits per heavy atom. The summed E-state index contributed by atoms with van der Waals surface area (Å²) in [6, 6.07) is 9.53. The molecule has 2 aromatic carbocycles. The van der Waals surface area contributed by atoms with Crippen molar-refractivity contribution < 1.29 is 9.47 Å². The van der Waals surface area contributed by atoms with E-state index in [0.29, 0.717) is 13.2 Å². The molecule has 0 fully saturated rings. The van der Waals surface area contributed by atoms with Crippen LogP contribution in [0, 0.1) is 20.8 Å². The summed E-state index contributed by atoms with van der Waals surface area (Å²) in [5.74, 6) is 1.56. The van der Waals surface area contributed by atoms with Gasteiger partial charge < -0.3 is 15.2 Å². The monoisotopic (exact) mass is 305 g/mol. The van der Waals surface area contributed by atoms with Crippen LogP contribution in [-0.2, 0) is 0 Å². The van der Waals surface area contributed by atoms with E-state index in [9.17, 15) is 0 Å². The second-order valence-corrected chi connectivity index (χ2v) is 5.46. The van der Waals surface area contributed by atoms with Crippen LogP contribution >= 0.6 is 11.6 Å². The zero-order valence-corrected chi connectivity index (χ0v) is 13.3. The standard InChI is InChI=1S/C17H20ClNO2/c1-11-4-5-14(10-16(11)19)20-6-7-21-15-8-12(2)17(18)13(3)9-15/h4-5,8-10H,6-7,19H2,1-3H3. The highest BCUT2D eigenvalue weighted by Gasteiger charge is 2.04. The van der Waals surface area contributed by atoms with E-state index in [1.807, 2.05) is 51.1 Å². The van der Waals surface area contributed by atoms with Crippen LogP contribution in [0.3, 0.4) is 0 Å². The summed E-state index contributed by atoms with van der Waals surface area (Å²) in [4.78, 5) is 0. The Hall–Kier alpha value is -1.87. The third-order valence-electron chi connectivity index (χ3n) is 3.28. The number of hydrogen-bond acceptors (Lipinski definition) is 3. The van der Waals surface area contributed by atoms with Crippen LogP contribution in [0.2, 0.25) is 5.02 Å². The predicted molar refractivity (Wildman–Crippen MR) is 87.5 cm³/mol. The molecule has 0 amide bonds. The van der Waals surface area contributed by atoms with Gasteiger partial charge in [0.25, 0.3) is 0 Å². The second kappa shape index (κ2) is 6.72. The molecule has 0 aliphatic rings. The minimum atomic E-state index is 0.462. The fraction of sp³-hybridized carbons (Fsp3) is 0.294. The summed E-state index contributed by atoms with van der Waals surface area (Å²) in [5, 5.41) is 0.786. The first-order chi connectivity index (χ1) is 9.97. The number of anilines is 1. The molecule has 0 spiro atoms. The van der Waals surface area contributed by atoms with E-state index in [1.54, 1.807) is 0 Å². The second-order valence-electron chi connectivity index (χ2n) is 5.09. The number of ether oxygens (including phenoxy) is 2. The number of halogens is 1. The molecule has 112 valence electrons. The third-order valence-corrected chi connectivity index (χ3v) is 3.88. The van der Waals surface area contributed by atoms with E-state index < -0.39 is 0 Å². The van der Waals surface area contributed by atoms with E-state index in [0.717, 1.165) is 38.9 Å². The summed E-state index contributed by atoms with van der Waals surface area (Å²) in [6.45, 7) is 6.83. The van der Waals surface area contributed by atoms with E-state index in [2.05, 4.69) is 0 Å². The minimum absolute atomic E-state index is 0.462. The van der Waals surface area contributed by atoms with Crippen molar-refractivity contribution in [3.63, 3.8) is 0 Å². The number of aryl methyl sites for hydroxylation is 3. The first-order valence-corrected chi connectivity index (χ1v) is 7.23. The van der Waals surface area contributed by atoms with Crippen LogP contribution in [0.5, 0.6) is 11.5 Å². The molecule has 0 unspecified atom stereocenters. The molecule has 0 saturated carbocycles. The molecule has 0 radical (unpaired) electrons. The molecule has 0 aliphatic heterocycles. The van der Waals surface area contributed by atoms with Gasteiger partial charge in [0.05, 0.1) is 0 Å². The number of nitrogen functional groups attached to an aromatic ring is 1. The molecular weight excluding hydrogens is 286 g/mol. The molecule has 21 heavy (non-hydrogen) atoms. The van der Waals surface area contributed by atoms with Gasteiger partial charge in [-0.2, -0.15) is 0 Å². The van der Waals surface area contributed by atoms with E-state index >= 15 is 0 Å². The zero-order chi connectivity index (χ0) is 15.4. The number of rotatable bonds is 5. The highest BCUT2D eigenvalue weighted by Crippen LogP contribution is 2.26. The maximum Gasteiger partial charge on any atom is 0.122 e. The maximum absolute atomic E-state index is 6.13. The Morgan fingerprint density at radius 3 is 2.00 bits per heavy atom. The number of nitrogens with two attached hydrogens (primary N) is 1. The fourth-order valence-corrected chi connectivity index (χ4v) is 2.13. The molecule has 3 nitrogen and oxygen atoms in total. The summed E-state index contributed by atoms with van der Waals surface area (Å²) in [5.41, 5.74) is 9.65. The highest BCUT2D eigenvalue weighted by molar-refractivity contribution is 6.32. The maximum atomic E-state index is 6.13. The van der Waals surface area contributed by atoms with Gasteiger partial charge in [0.1, 0.15) is 24.7 Å². The molecule has 2 aromatic rings. The van der Waals surface area contributed by atoms with Crippen molar-refractivity contribution in [3.8, 4) is 11.5 Å². The Balaban J connectivity index is 1.86. The lowest BCUT2D eigenvalue weighted by Gasteiger charge is -2.11. The van der Waals surface area contributed by atoms with Crippen LogP contribution in [0.1, 0.15) is 16.7 Å². The van der Waals surface area contributed by atoms with Gasteiger partial charge in [-0.25, -0.2) is 0 Å². The molecule has 2 N–H and O–H groups in total. The smallest absolute Gasteiger partial charge is 0.122 e. The van der Waals surface area contributed by atoms with E-state index in [-0.39, 0.29) is 0 Å². The highest BCUT2D eigenvalue weighted by atomic mass is 35.5. The Morgan fingerprint density at radius 2 is 1.43 bits per heavy atom.